The summed E-state index contributed by atoms with van der Waals surface area (Å²) >= 11 is 4.92. The Morgan fingerprint density at radius 2 is 2.20 bits per heavy atom. The van der Waals surface area contributed by atoms with Crippen LogP contribution < -0.4 is 5.73 Å². The molecule has 86 valence electrons. The summed E-state index contributed by atoms with van der Waals surface area (Å²) in [7, 11) is 0. The fraction of sp³-hybridized carbons (Fsp3) is 0.818. The third-order valence-electron chi connectivity index (χ3n) is 3.10. The number of carbonyl (C=O) groups is 1. The van der Waals surface area contributed by atoms with Gasteiger partial charge in [-0.1, -0.05) is 26.1 Å². The van der Waals surface area contributed by atoms with Crippen LogP contribution in [0.25, 0.3) is 0 Å². The smallest absolute Gasteiger partial charge is 0.225 e. The summed E-state index contributed by atoms with van der Waals surface area (Å²) in [6.07, 6.45) is 1.04. The number of thiocarbonyl (C=S) groups is 1. The number of nitrogens with zero attached hydrogens (tertiary/aromatic N) is 1. The van der Waals surface area contributed by atoms with Gasteiger partial charge >= 0.3 is 0 Å². The van der Waals surface area contributed by atoms with Crippen LogP contribution in [0.1, 0.15) is 27.2 Å². The molecule has 0 aromatic heterocycles. The van der Waals surface area contributed by atoms with Crippen molar-refractivity contribution in [3.05, 3.63) is 0 Å². The zero-order valence-corrected chi connectivity index (χ0v) is 10.5. The normalized spacial score (nSPS) is 25.8. The first-order valence-corrected chi connectivity index (χ1v) is 5.96. The van der Waals surface area contributed by atoms with Crippen molar-refractivity contribution in [2.45, 2.75) is 27.2 Å². The lowest BCUT2D eigenvalue weighted by Gasteiger charge is -2.24. The number of amides is 1. The molecule has 1 rings (SSSR count). The van der Waals surface area contributed by atoms with Crippen molar-refractivity contribution in [3.63, 3.8) is 0 Å². The average molecular weight is 228 g/mol. The second kappa shape index (κ2) is 4.92. The van der Waals surface area contributed by atoms with Gasteiger partial charge in [-0.2, -0.15) is 0 Å². The molecule has 3 atom stereocenters. The Morgan fingerprint density at radius 3 is 2.53 bits per heavy atom. The van der Waals surface area contributed by atoms with Gasteiger partial charge in [0.25, 0.3) is 0 Å². The van der Waals surface area contributed by atoms with E-state index in [1.165, 1.54) is 0 Å². The fourth-order valence-corrected chi connectivity index (χ4v) is 1.77. The number of carbonyl (C=O) groups excluding carboxylic acids is 1. The fourth-order valence-electron chi connectivity index (χ4n) is 1.70. The molecule has 3 unspecified atom stereocenters. The van der Waals surface area contributed by atoms with E-state index in [9.17, 15) is 4.79 Å². The van der Waals surface area contributed by atoms with Gasteiger partial charge in [-0.25, -0.2) is 0 Å². The highest BCUT2D eigenvalue weighted by Gasteiger charge is 2.41. The molecule has 0 aromatic carbocycles. The maximum atomic E-state index is 11.9. The molecular weight excluding hydrogens is 208 g/mol. The SMILES string of the molecule is CCN(CC(C)C(N)=S)C(=O)C1CC1C. The van der Waals surface area contributed by atoms with Crippen molar-refractivity contribution in [3.8, 4) is 0 Å². The van der Waals surface area contributed by atoms with E-state index in [0.717, 1.165) is 13.0 Å². The van der Waals surface area contributed by atoms with Crippen LogP contribution in [-0.2, 0) is 4.79 Å². The zero-order chi connectivity index (χ0) is 11.6. The third kappa shape index (κ3) is 3.16. The lowest BCUT2D eigenvalue weighted by atomic mass is 10.1. The van der Waals surface area contributed by atoms with Crippen molar-refractivity contribution in [2.24, 2.45) is 23.5 Å². The summed E-state index contributed by atoms with van der Waals surface area (Å²) in [6, 6.07) is 0. The Bertz CT molecular complexity index is 267. The van der Waals surface area contributed by atoms with Gasteiger partial charge in [-0.3, -0.25) is 4.79 Å². The predicted octanol–water partition coefficient (Wildman–Crippen LogP) is 1.41. The predicted molar refractivity (Wildman–Crippen MR) is 65.5 cm³/mol. The maximum absolute atomic E-state index is 11.9. The minimum absolute atomic E-state index is 0.109. The van der Waals surface area contributed by atoms with E-state index < -0.39 is 0 Å². The molecule has 1 amide bonds. The first kappa shape index (κ1) is 12.4. The number of nitrogens with two attached hydrogens (primary N) is 1. The number of hydrogen-bond donors (Lipinski definition) is 1. The molecule has 1 saturated carbocycles. The standard InChI is InChI=1S/C11H20N2OS/c1-4-13(6-8(3)10(12)15)11(14)9-5-7(9)2/h7-9H,4-6H2,1-3H3,(H2,12,15). The minimum Gasteiger partial charge on any atom is -0.393 e. The van der Waals surface area contributed by atoms with Crippen LogP contribution in [0.5, 0.6) is 0 Å². The van der Waals surface area contributed by atoms with Crippen LogP contribution in [0.15, 0.2) is 0 Å². The summed E-state index contributed by atoms with van der Waals surface area (Å²) in [6.45, 7) is 7.49. The molecule has 1 aliphatic carbocycles. The van der Waals surface area contributed by atoms with E-state index in [1.807, 2.05) is 18.7 Å². The molecule has 2 N–H and O–H groups in total. The van der Waals surface area contributed by atoms with Gasteiger partial charge in [0.05, 0.1) is 4.99 Å². The summed E-state index contributed by atoms with van der Waals surface area (Å²) < 4.78 is 0. The number of rotatable bonds is 5. The largest absolute Gasteiger partial charge is 0.393 e. The highest BCUT2D eigenvalue weighted by molar-refractivity contribution is 7.80. The van der Waals surface area contributed by atoms with Gasteiger partial charge in [0.1, 0.15) is 0 Å². The van der Waals surface area contributed by atoms with E-state index in [4.69, 9.17) is 18.0 Å². The Morgan fingerprint density at radius 1 is 1.67 bits per heavy atom. The molecule has 0 heterocycles. The Labute approximate surface area is 97.0 Å². The van der Waals surface area contributed by atoms with Crippen molar-refractivity contribution >= 4 is 23.1 Å². The highest BCUT2D eigenvalue weighted by Crippen LogP contribution is 2.39. The average Bonchev–Trinajstić information content (AvgIpc) is 2.90. The molecule has 0 radical (unpaired) electrons. The van der Waals surface area contributed by atoms with Crippen LogP contribution in [0.2, 0.25) is 0 Å². The van der Waals surface area contributed by atoms with E-state index in [1.54, 1.807) is 0 Å². The second-order valence-electron chi connectivity index (χ2n) is 4.50. The van der Waals surface area contributed by atoms with Crippen molar-refractivity contribution < 1.29 is 4.79 Å². The van der Waals surface area contributed by atoms with E-state index >= 15 is 0 Å². The molecule has 0 aromatic rings. The molecule has 3 nitrogen and oxygen atoms in total. The van der Waals surface area contributed by atoms with Gasteiger partial charge < -0.3 is 10.6 Å². The molecular formula is C11H20N2OS. The zero-order valence-electron chi connectivity index (χ0n) is 9.69. The monoisotopic (exact) mass is 228 g/mol. The summed E-state index contributed by atoms with van der Waals surface area (Å²) in [4.78, 5) is 14.3. The van der Waals surface area contributed by atoms with Crippen LogP contribution in [0, 0.1) is 17.8 Å². The van der Waals surface area contributed by atoms with Gasteiger partial charge in [0.2, 0.25) is 5.91 Å². The summed E-state index contributed by atoms with van der Waals surface area (Å²) in [5.41, 5.74) is 5.55. The van der Waals surface area contributed by atoms with Crippen molar-refractivity contribution in [1.82, 2.24) is 4.90 Å². The third-order valence-corrected chi connectivity index (χ3v) is 3.50. The van der Waals surface area contributed by atoms with Crippen LogP contribution >= 0.6 is 12.2 Å². The van der Waals surface area contributed by atoms with Crippen LogP contribution in [0.4, 0.5) is 0 Å². The van der Waals surface area contributed by atoms with Crippen molar-refractivity contribution in [2.75, 3.05) is 13.1 Å². The highest BCUT2D eigenvalue weighted by atomic mass is 32.1. The lowest BCUT2D eigenvalue weighted by Crippen LogP contribution is -2.39. The molecule has 0 aliphatic heterocycles. The van der Waals surface area contributed by atoms with E-state index in [2.05, 4.69) is 6.92 Å². The van der Waals surface area contributed by atoms with Crippen LogP contribution in [0.3, 0.4) is 0 Å². The molecule has 15 heavy (non-hydrogen) atoms. The molecule has 0 bridgehead atoms. The van der Waals surface area contributed by atoms with Crippen LogP contribution in [-0.4, -0.2) is 28.9 Å². The molecule has 0 spiro atoms. The maximum Gasteiger partial charge on any atom is 0.225 e. The van der Waals surface area contributed by atoms with E-state index in [-0.39, 0.29) is 17.7 Å². The summed E-state index contributed by atoms with van der Waals surface area (Å²) in [5, 5.41) is 0. The molecule has 1 fully saturated rings. The Kier molecular flexibility index (Phi) is 4.08. The first-order valence-electron chi connectivity index (χ1n) is 5.55. The molecule has 1 aliphatic rings. The quantitative estimate of drug-likeness (QED) is 0.724. The molecule has 4 heteroatoms. The van der Waals surface area contributed by atoms with Gasteiger partial charge in [-0.05, 0) is 19.3 Å². The number of hydrogen-bond acceptors (Lipinski definition) is 2. The second-order valence-corrected chi connectivity index (χ2v) is 4.97. The minimum atomic E-state index is 0.109. The van der Waals surface area contributed by atoms with E-state index in [0.29, 0.717) is 17.5 Å². The Balaban J connectivity index is 2.48. The summed E-state index contributed by atoms with van der Waals surface area (Å²) in [5.74, 6) is 1.20. The van der Waals surface area contributed by atoms with Crippen molar-refractivity contribution in [1.29, 1.82) is 0 Å². The molecule has 0 saturated heterocycles. The van der Waals surface area contributed by atoms with Gasteiger partial charge in [0.15, 0.2) is 0 Å². The Hall–Kier alpha value is -0.640. The lowest BCUT2D eigenvalue weighted by molar-refractivity contribution is -0.132. The van der Waals surface area contributed by atoms with Gasteiger partial charge in [-0.15, -0.1) is 0 Å². The van der Waals surface area contributed by atoms with Gasteiger partial charge in [0, 0.05) is 24.9 Å². The first-order chi connectivity index (χ1) is 6.97. The topological polar surface area (TPSA) is 46.3 Å².